The third-order valence-corrected chi connectivity index (χ3v) is 23.3. The molecule has 0 aliphatic heterocycles. The minimum absolute atomic E-state index is 0. The smallest absolute Gasteiger partial charge is 0.224 e. The molecule has 0 spiro atoms. The van der Waals surface area contributed by atoms with Crippen LogP contribution in [-0.2, 0) is 0 Å². The first kappa shape index (κ1) is 24.4. The molecule has 130 valence electrons. The van der Waals surface area contributed by atoms with E-state index in [1.54, 1.807) is 24.5 Å². The van der Waals surface area contributed by atoms with E-state index in [0.717, 1.165) is 0 Å². The number of hydrogen-bond acceptors (Lipinski definition) is 0. The lowest BCUT2D eigenvalue weighted by atomic mass is 10.4. The van der Waals surface area contributed by atoms with Crippen molar-refractivity contribution in [2.24, 2.45) is 0 Å². The maximum Gasteiger partial charge on any atom is 0.224 e. The monoisotopic (exact) mass is 396 g/mol. The van der Waals surface area contributed by atoms with Gasteiger partial charge in [-0.2, -0.15) is 0 Å². The average molecular weight is 397 g/mol. The van der Waals surface area contributed by atoms with Crippen LogP contribution in [0.2, 0.25) is 19.1 Å². The quantitative estimate of drug-likeness (QED) is 0.319. The molecule has 0 saturated heterocycles. The second-order valence-corrected chi connectivity index (χ2v) is 21.5. The van der Waals surface area contributed by atoms with Gasteiger partial charge >= 0.3 is 0 Å². The highest BCUT2D eigenvalue weighted by Crippen LogP contribution is 2.69. The van der Waals surface area contributed by atoms with Crippen molar-refractivity contribution >= 4 is 14.6 Å². The first-order valence-electron chi connectivity index (χ1n) is 9.35. The van der Waals surface area contributed by atoms with Crippen LogP contribution >= 0.6 is 6.81 Å². The summed E-state index contributed by atoms with van der Waals surface area (Å²) in [7, 11) is -1.00. The van der Waals surface area contributed by atoms with Gasteiger partial charge in [0.05, 0.1) is 0 Å². The Morgan fingerprint density at radius 1 is 0.619 bits per heavy atom. The van der Waals surface area contributed by atoms with Crippen molar-refractivity contribution < 1.29 is 17.0 Å². The van der Waals surface area contributed by atoms with Crippen molar-refractivity contribution in [3.05, 3.63) is 0 Å². The highest BCUT2D eigenvalue weighted by Gasteiger charge is 2.51. The van der Waals surface area contributed by atoms with Crippen molar-refractivity contribution in [3.63, 3.8) is 0 Å². The molecule has 0 unspecified atom stereocenters. The van der Waals surface area contributed by atoms with Gasteiger partial charge < -0.3 is 17.0 Å². The van der Waals surface area contributed by atoms with Gasteiger partial charge in [-0.3, -0.25) is 0 Å². The van der Waals surface area contributed by atoms with Crippen LogP contribution in [0.4, 0.5) is 0 Å². The van der Waals surface area contributed by atoms with E-state index < -0.39 is 14.6 Å². The zero-order valence-electron chi connectivity index (χ0n) is 15.8. The first-order chi connectivity index (χ1) is 9.49. The normalized spacial score (nSPS) is 12.3. The Hall–Kier alpha value is 1.13. The fourth-order valence-corrected chi connectivity index (χ4v) is 19.2. The van der Waals surface area contributed by atoms with E-state index in [4.69, 9.17) is 0 Å². The van der Waals surface area contributed by atoms with Crippen molar-refractivity contribution in [3.8, 4) is 0 Å². The van der Waals surface area contributed by atoms with Gasteiger partial charge in [-0.05, 0) is 45.2 Å². The summed E-state index contributed by atoms with van der Waals surface area (Å²) in [6.07, 6.45) is 16.5. The van der Waals surface area contributed by atoms with E-state index >= 15 is 0 Å². The van der Waals surface area contributed by atoms with E-state index in [2.05, 4.69) is 40.8 Å². The summed E-state index contributed by atoms with van der Waals surface area (Å²) in [6, 6.07) is 1.61. The molecule has 0 aromatic rings. The van der Waals surface area contributed by atoms with Crippen LogP contribution < -0.4 is 17.0 Å². The fourth-order valence-electron chi connectivity index (χ4n) is 3.47. The van der Waals surface area contributed by atoms with Gasteiger partial charge in [0.25, 0.3) is 0 Å². The Morgan fingerprint density at radius 3 is 1.24 bits per heavy atom. The topological polar surface area (TPSA) is 0 Å². The van der Waals surface area contributed by atoms with E-state index in [1.807, 2.05) is 0 Å². The van der Waals surface area contributed by atoms with Gasteiger partial charge in [-0.15, -0.1) is 0 Å². The maximum atomic E-state index is 2.76. The molecule has 3 heteroatoms. The van der Waals surface area contributed by atoms with Crippen LogP contribution in [0.5, 0.6) is 0 Å². The Morgan fingerprint density at radius 2 is 0.952 bits per heavy atom. The van der Waals surface area contributed by atoms with Gasteiger partial charge in [0, 0.05) is 18.5 Å². The third-order valence-electron chi connectivity index (χ3n) is 5.25. The van der Waals surface area contributed by atoms with Gasteiger partial charge in [0.2, 0.25) is 7.74 Å². The van der Waals surface area contributed by atoms with Crippen LogP contribution in [0.25, 0.3) is 0 Å². The molecular formula is C18H42BrPSi. The zero-order valence-corrected chi connectivity index (χ0v) is 19.3. The molecule has 0 atom stereocenters. The van der Waals surface area contributed by atoms with Crippen molar-refractivity contribution in [1.82, 2.24) is 0 Å². The number of halogens is 1. The number of rotatable bonds is 13. The number of unbranched alkanes of at least 4 members (excludes halogenated alkanes) is 4. The molecule has 21 heavy (non-hydrogen) atoms. The van der Waals surface area contributed by atoms with Gasteiger partial charge in [0.1, 0.15) is 0 Å². The van der Waals surface area contributed by atoms with Gasteiger partial charge in [-0.1, -0.05) is 59.8 Å². The Bertz CT molecular complexity index is 209. The largest absolute Gasteiger partial charge is 1.00 e. The molecule has 0 heterocycles. The second-order valence-electron chi connectivity index (χ2n) is 7.29. The standard InChI is InChI=1S/C18H42PSi.BrH/c1-7-11-15-19(16-12-8-2,17-13-9-3)20(5,6)18-14-10-4;/h7-18H2,1-6H3;1H/q+1;/p-1. The lowest BCUT2D eigenvalue weighted by Crippen LogP contribution is -3.00. The predicted octanol–water partition coefficient (Wildman–Crippen LogP) is 4.41. The summed E-state index contributed by atoms with van der Waals surface area (Å²) in [5.74, 6) is 0. The zero-order chi connectivity index (χ0) is 15.5. The minimum atomic E-state index is -1.00. The lowest BCUT2D eigenvalue weighted by Gasteiger charge is -2.40. The summed E-state index contributed by atoms with van der Waals surface area (Å²) < 4.78 is 0. The maximum absolute atomic E-state index is 2.76. The molecule has 0 rings (SSSR count). The highest BCUT2D eigenvalue weighted by molar-refractivity contribution is 8.08. The summed E-state index contributed by atoms with van der Waals surface area (Å²) in [6.45, 7) is 14.4. The lowest BCUT2D eigenvalue weighted by molar-refractivity contribution is -0.00000477. The summed E-state index contributed by atoms with van der Waals surface area (Å²) in [4.78, 5) is 0. The SMILES string of the molecule is CCCC[Si](C)(C)[P+](CCCC)(CCCC)CCCC.[Br-]. The number of hydrogen-bond donors (Lipinski definition) is 0. The second kappa shape index (κ2) is 13.6. The van der Waals surface area contributed by atoms with Crippen LogP contribution in [0.1, 0.15) is 79.1 Å². The van der Waals surface area contributed by atoms with Gasteiger partial charge in [0.15, 0.2) is 0 Å². The third kappa shape index (κ3) is 8.52. The van der Waals surface area contributed by atoms with Gasteiger partial charge in [-0.25, -0.2) is 0 Å². The predicted molar refractivity (Wildman–Crippen MR) is 103 cm³/mol. The molecule has 0 saturated carbocycles. The van der Waals surface area contributed by atoms with Crippen LogP contribution in [0.15, 0.2) is 0 Å². The molecule has 0 aliphatic carbocycles. The van der Waals surface area contributed by atoms with Crippen molar-refractivity contribution in [2.75, 3.05) is 18.5 Å². The van der Waals surface area contributed by atoms with Crippen LogP contribution in [-0.4, -0.2) is 26.2 Å². The molecular weight excluding hydrogens is 355 g/mol. The van der Waals surface area contributed by atoms with Crippen molar-refractivity contribution in [2.45, 2.75) is 98.2 Å². The average Bonchev–Trinajstić information content (AvgIpc) is 2.44. The Labute approximate surface area is 148 Å². The summed E-state index contributed by atoms with van der Waals surface area (Å²) >= 11 is 0. The minimum Gasteiger partial charge on any atom is -1.00 e. The molecule has 0 aliphatic rings. The Balaban J connectivity index is 0. The summed E-state index contributed by atoms with van der Waals surface area (Å²) in [5, 5.41) is 0. The molecule has 0 aromatic heterocycles. The van der Waals surface area contributed by atoms with Crippen LogP contribution in [0.3, 0.4) is 0 Å². The first-order valence-corrected chi connectivity index (χ1v) is 15.7. The summed E-state index contributed by atoms with van der Waals surface area (Å²) in [5.41, 5.74) is 0. The van der Waals surface area contributed by atoms with E-state index in [0.29, 0.717) is 0 Å². The molecule has 0 radical (unpaired) electrons. The molecule has 0 nitrogen and oxygen atoms in total. The fraction of sp³-hybridized carbons (Fsp3) is 1.00. The van der Waals surface area contributed by atoms with E-state index in [-0.39, 0.29) is 17.0 Å². The molecule has 0 bridgehead atoms. The van der Waals surface area contributed by atoms with Crippen molar-refractivity contribution in [1.29, 1.82) is 0 Å². The van der Waals surface area contributed by atoms with E-state index in [9.17, 15) is 0 Å². The van der Waals surface area contributed by atoms with E-state index in [1.165, 1.54) is 51.4 Å². The Kier molecular flexibility index (Phi) is 15.7. The molecule has 0 aromatic carbocycles. The molecule has 0 fully saturated rings. The molecule has 0 amide bonds. The highest BCUT2D eigenvalue weighted by atomic mass is 79.9. The van der Waals surface area contributed by atoms with Crippen LogP contribution in [0, 0.1) is 0 Å². The molecule has 0 N–H and O–H groups in total.